The van der Waals surface area contributed by atoms with Crippen molar-refractivity contribution in [3.05, 3.63) is 30.2 Å². The van der Waals surface area contributed by atoms with Crippen LogP contribution in [-0.2, 0) is 0 Å². The van der Waals surface area contributed by atoms with Crippen molar-refractivity contribution in [1.29, 1.82) is 0 Å². The summed E-state index contributed by atoms with van der Waals surface area (Å²) in [5, 5.41) is 4.32. The molecule has 0 atom stereocenters. The first-order valence-electron chi connectivity index (χ1n) is 4.08. The maximum atomic E-state index is 4.36. The second-order valence-electron chi connectivity index (χ2n) is 3.13. The van der Waals surface area contributed by atoms with E-state index in [0.717, 1.165) is 11.5 Å². The lowest BCUT2D eigenvalue weighted by Crippen LogP contribution is -1.90. The van der Waals surface area contributed by atoms with Crippen molar-refractivity contribution in [2.24, 2.45) is 0 Å². The van der Waals surface area contributed by atoms with Crippen molar-refractivity contribution in [3.63, 3.8) is 0 Å². The number of aromatic nitrogens is 3. The Kier molecular flexibility index (Phi) is 1.57. The van der Waals surface area contributed by atoms with Crippen LogP contribution in [-0.4, -0.2) is 14.6 Å². The molecular formula is C9H11N3. The summed E-state index contributed by atoms with van der Waals surface area (Å²) in [4.78, 5) is 4.36. The average Bonchev–Trinajstić information content (AvgIpc) is 2.46. The molecule has 2 rings (SSSR count). The Balaban J connectivity index is 2.62. The topological polar surface area (TPSA) is 30.2 Å². The summed E-state index contributed by atoms with van der Waals surface area (Å²) in [7, 11) is 0. The average molecular weight is 161 g/mol. The highest BCUT2D eigenvalue weighted by Gasteiger charge is 2.05. The molecular weight excluding hydrogens is 150 g/mol. The summed E-state index contributed by atoms with van der Waals surface area (Å²) < 4.78 is 1.80. The second kappa shape index (κ2) is 2.59. The van der Waals surface area contributed by atoms with Crippen LogP contribution in [0.15, 0.2) is 24.4 Å². The maximum absolute atomic E-state index is 4.36. The van der Waals surface area contributed by atoms with Gasteiger partial charge >= 0.3 is 0 Å². The van der Waals surface area contributed by atoms with Gasteiger partial charge in [-0.1, -0.05) is 19.9 Å². The molecule has 62 valence electrons. The molecule has 0 amide bonds. The van der Waals surface area contributed by atoms with E-state index in [0.29, 0.717) is 5.92 Å². The van der Waals surface area contributed by atoms with Crippen molar-refractivity contribution in [2.45, 2.75) is 19.8 Å². The molecule has 0 aliphatic carbocycles. The number of rotatable bonds is 1. The fourth-order valence-corrected chi connectivity index (χ4v) is 1.09. The third kappa shape index (κ3) is 1.07. The molecule has 0 aromatic carbocycles. The third-order valence-corrected chi connectivity index (χ3v) is 1.77. The van der Waals surface area contributed by atoms with Gasteiger partial charge in [0.25, 0.3) is 0 Å². The fraction of sp³-hybridized carbons (Fsp3) is 0.333. The van der Waals surface area contributed by atoms with Gasteiger partial charge in [-0.25, -0.2) is 9.50 Å². The fourth-order valence-electron chi connectivity index (χ4n) is 1.09. The van der Waals surface area contributed by atoms with E-state index >= 15 is 0 Å². The number of fused-ring (bicyclic) bond motifs is 1. The number of hydrogen-bond donors (Lipinski definition) is 0. The van der Waals surface area contributed by atoms with Crippen LogP contribution in [0.5, 0.6) is 0 Å². The Morgan fingerprint density at radius 1 is 1.33 bits per heavy atom. The molecule has 2 heterocycles. The first kappa shape index (κ1) is 7.28. The first-order valence-corrected chi connectivity index (χ1v) is 4.08. The Hall–Kier alpha value is -1.38. The van der Waals surface area contributed by atoms with Crippen molar-refractivity contribution >= 4 is 5.65 Å². The summed E-state index contributed by atoms with van der Waals surface area (Å²) in [5.41, 5.74) is 0.918. The highest BCUT2D eigenvalue weighted by Crippen LogP contribution is 2.09. The largest absolute Gasteiger partial charge is 0.221 e. The van der Waals surface area contributed by atoms with E-state index in [1.807, 2.05) is 24.4 Å². The first-order chi connectivity index (χ1) is 5.77. The number of hydrogen-bond acceptors (Lipinski definition) is 2. The maximum Gasteiger partial charge on any atom is 0.155 e. The van der Waals surface area contributed by atoms with Crippen molar-refractivity contribution in [1.82, 2.24) is 14.6 Å². The van der Waals surface area contributed by atoms with E-state index in [9.17, 15) is 0 Å². The van der Waals surface area contributed by atoms with E-state index in [-0.39, 0.29) is 0 Å². The molecule has 3 heteroatoms. The van der Waals surface area contributed by atoms with E-state index in [4.69, 9.17) is 0 Å². The zero-order chi connectivity index (χ0) is 8.55. The van der Waals surface area contributed by atoms with Crippen LogP contribution < -0.4 is 0 Å². The molecule has 3 nitrogen and oxygen atoms in total. The molecule has 0 radical (unpaired) electrons. The molecule has 0 fully saturated rings. The summed E-state index contributed by atoms with van der Waals surface area (Å²) in [5.74, 6) is 1.30. The lowest BCUT2D eigenvalue weighted by molar-refractivity contribution is 0.765. The van der Waals surface area contributed by atoms with E-state index in [1.165, 1.54) is 0 Å². The van der Waals surface area contributed by atoms with Gasteiger partial charge in [0.2, 0.25) is 0 Å². The van der Waals surface area contributed by atoms with Gasteiger partial charge in [-0.2, -0.15) is 5.10 Å². The van der Waals surface area contributed by atoms with Gasteiger partial charge in [-0.3, -0.25) is 0 Å². The standard InChI is InChI=1S/C9H11N3/c1-7(2)9-10-8-5-3-4-6-12(8)11-9/h3-7H,1-2H3. The predicted octanol–water partition coefficient (Wildman–Crippen LogP) is 1.85. The lowest BCUT2D eigenvalue weighted by atomic mass is 10.2. The van der Waals surface area contributed by atoms with Crippen LogP contribution in [0.3, 0.4) is 0 Å². The summed E-state index contributed by atoms with van der Waals surface area (Å²) in [6.45, 7) is 4.18. The summed E-state index contributed by atoms with van der Waals surface area (Å²) in [6, 6.07) is 5.87. The van der Waals surface area contributed by atoms with Gasteiger partial charge in [-0.15, -0.1) is 0 Å². The van der Waals surface area contributed by atoms with Crippen molar-refractivity contribution < 1.29 is 0 Å². The molecule has 2 aromatic heterocycles. The van der Waals surface area contributed by atoms with Gasteiger partial charge in [0.15, 0.2) is 11.5 Å². The predicted molar refractivity (Wildman–Crippen MR) is 47.1 cm³/mol. The van der Waals surface area contributed by atoms with Crippen LogP contribution in [0.1, 0.15) is 25.6 Å². The zero-order valence-corrected chi connectivity index (χ0v) is 7.23. The van der Waals surface area contributed by atoms with E-state index in [2.05, 4.69) is 23.9 Å². The summed E-state index contributed by atoms with van der Waals surface area (Å²) >= 11 is 0. The second-order valence-corrected chi connectivity index (χ2v) is 3.13. The quantitative estimate of drug-likeness (QED) is 0.639. The van der Waals surface area contributed by atoms with Crippen LogP contribution in [0.2, 0.25) is 0 Å². The van der Waals surface area contributed by atoms with E-state index < -0.39 is 0 Å². The van der Waals surface area contributed by atoms with Gasteiger partial charge < -0.3 is 0 Å². The minimum Gasteiger partial charge on any atom is -0.221 e. The van der Waals surface area contributed by atoms with Crippen LogP contribution in [0, 0.1) is 0 Å². The monoisotopic (exact) mass is 161 g/mol. The Bertz CT molecular complexity index is 356. The van der Waals surface area contributed by atoms with Crippen LogP contribution in [0.4, 0.5) is 0 Å². The molecule has 0 aliphatic heterocycles. The Morgan fingerprint density at radius 3 is 2.83 bits per heavy atom. The molecule has 0 N–H and O–H groups in total. The van der Waals surface area contributed by atoms with Crippen LogP contribution in [0.25, 0.3) is 5.65 Å². The molecule has 2 aromatic rings. The Morgan fingerprint density at radius 2 is 2.17 bits per heavy atom. The smallest absolute Gasteiger partial charge is 0.155 e. The zero-order valence-electron chi connectivity index (χ0n) is 7.23. The van der Waals surface area contributed by atoms with Crippen LogP contribution >= 0.6 is 0 Å². The number of nitrogens with zero attached hydrogens (tertiary/aromatic N) is 3. The van der Waals surface area contributed by atoms with Crippen molar-refractivity contribution in [2.75, 3.05) is 0 Å². The molecule has 0 aliphatic rings. The molecule has 12 heavy (non-hydrogen) atoms. The summed E-state index contributed by atoms with van der Waals surface area (Å²) in [6.07, 6.45) is 1.91. The lowest BCUT2D eigenvalue weighted by Gasteiger charge is -1.92. The molecule has 0 saturated heterocycles. The molecule has 0 saturated carbocycles. The van der Waals surface area contributed by atoms with E-state index in [1.54, 1.807) is 4.52 Å². The highest BCUT2D eigenvalue weighted by molar-refractivity contribution is 5.36. The normalized spacial score (nSPS) is 11.2. The van der Waals surface area contributed by atoms with Gasteiger partial charge in [0.05, 0.1) is 0 Å². The molecule has 0 unspecified atom stereocenters. The minimum atomic E-state index is 0.393. The molecule has 0 spiro atoms. The van der Waals surface area contributed by atoms with Gasteiger partial charge in [0, 0.05) is 12.1 Å². The third-order valence-electron chi connectivity index (χ3n) is 1.77. The highest BCUT2D eigenvalue weighted by atomic mass is 15.3. The van der Waals surface area contributed by atoms with Gasteiger partial charge in [0.1, 0.15) is 0 Å². The Labute approximate surface area is 71.1 Å². The SMILES string of the molecule is CC(C)c1nc2ccccn2n1. The number of pyridine rings is 1. The molecule has 0 bridgehead atoms. The minimum absolute atomic E-state index is 0.393. The van der Waals surface area contributed by atoms with Crippen molar-refractivity contribution in [3.8, 4) is 0 Å². The van der Waals surface area contributed by atoms with Gasteiger partial charge in [-0.05, 0) is 12.1 Å².